The van der Waals surface area contributed by atoms with E-state index in [0.29, 0.717) is 6.54 Å². The number of para-hydroxylation sites is 1. The van der Waals surface area contributed by atoms with Crippen molar-refractivity contribution in [3.05, 3.63) is 107 Å². The average molecular weight is 512 g/mol. The van der Waals surface area contributed by atoms with Gasteiger partial charge in [-0.2, -0.15) is 0 Å². The van der Waals surface area contributed by atoms with Crippen LogP contribution in [0.25, 0.3) is 0 Å². The molecule has 0 spiro atoms. The summed E-state index contributed by atoms with van der Waals surface area (Å²) in [4.78, 5) is 15.6. The van der Waals surface area contributed by atoms with E-state index in [2.05, 4.69) is 66.8 Å². The topological polar surface area (TPSA) is 44.8 Å². The lowest BCUT2D eigenvalue weighted by Crippen LogP contribution is -2.56. The molecule has 3 aromatic rings. The van der Waals surface area contributed by atoms with Crippen molar-refractivity contribution >= 4 is 5.91 Å². The fourth-order valence-electron chi connectivity index (χ4n) is 4.99. The van der Waals surface area contributed by atoms with Crippen molar-refractivity contribution in [2.75, 3.05) is 6.54 Å². The van der Waals surface area contributed by atoms with Gasteiger partial charge in [0.1, 0.15) is 17.2 Å². The highest BCUT2D eigenvalue weighted by Gasteiger charge is 2.40. The second kappa shape index (κ2) is 13.3. The monoisotopic (exact) mass is 511 g/mol. The van der Waals surface area contributed by atoms with Gasteiger partial charge in [0.2, 0.25) is 0 Å². The third-order valence-electron chi connectivity index (χ3n) is 7.02. The summed E-state index contributed by atoms with van der Waals surface area (Å²) in [5.74, 6) is 1.70. The Balaban J connectivity index is 0.00000164. The first kappa shape index (κ1) is 27.5. The van der Waals surface area contributed by atoms with Gasteiger partial charge in [-0.1, -0.05) is 100 Å². The smallest absolute Gasteiger partial charge is 0.271 e. The van der Waals surface area contributed by atoms with Crippen molar-refractivity contribution in [3.63, 3.8) is 0 Å². The Morgan fingerprint density at radius 3 is 2.26 bits per heavy atom. The van der Waals surface area contributed by atoms with Crippen LogP contribution in [0.2, 0.25) is 0 Å². The molecule has 3 aromatic carbocycles. The molecule has 5 heteroatoms. The Morgan fingerprint density at radius 1 is 0.895 bits per heavy atom. The van der Waals surface area contributed by atoms with E-state index < -0.39 is 0 Å². The first-order valence-corrected chi connectivity index (χ1v) is 14.1. The molecule has 2 aliphatic rings. The Morgan fingerprint density at radius 2 is 1.58 bits per heavy atom. The van der Waals surface area contributed by atoms with Crippen molar-refractivity contribution in [1.29, 1.82) is 0 Å². The maximum absolute atomic E-state index is 13.6. The van der Waals surface area contributed by atoms with E-state index in [-0.39, 0.29) is 18.0 Å². The number of rotatable bonds is 9. The molecule has 5 rings (SSSR count). The SMILES string of the molecule is CC.CCCCCC1CN(Cc2ccc(Oc3ccccc3)cc2)C(=O)C2=CC(c3ccc(C)cc3)NN21. The standard InChI is InChI=1S/C31H35N3O2.C2H6/c1-3-4-6-9-26-22-33(21-24-14-18-28(19-15-24)36-27-10-7-5-8-11-27)31(35)30-20-29(32-34(26)30)25-16-12-23(2)13-17-25;1-2/h5,7-8,10-20,26,29,32H,3-4,6,9,21-22H2,1-2H3;1-2H3. The van der Waals surface area contributed by atoms with Crippen LogP contribution in [-0.2, 0) is 11.3 Å². The predicted octanol–water partition coefficient (Wildman–Crippen LogP) is 7.55. The van der Waals surface area contributed by atoms with Crippen LogP contribution in [0.3, 0.4) is 0 Å². The van der Waals surface area contributed by atoms with Crippen molar-refractivity contribution in [3.8, 4) is 11.5 Å². The lowest BCUT2D eigenvalue weighted by atomic mass is 10.0. The van der Waals surface area contributed by atoms with E-state index in [9.17, 15) is 4.79 Å². The van der Waals surface area contributed by atoms with Gasteiger partial charge in [-0.05, 0) is 54.8 Å². The molecule has 2 heterocycles. The lowest BCUT2D eigenvalue weighted by molar-refractivity contribution is -0.135. The molecule has 2 atom stereocenters. The Kier molecular flexibility index (Phi) is 9.61. The van der Waals surface area contributed by atoms with Crippen LogP contribution < -0.4 is 10.2 Å². The van der Waals surface area contributed by atoms with Crippen molar-refractivity contribution in [1.82, 2.24) is 15.3 Å². The normalized spacial score (nSPS) is 18.4. The average Bonchev–Trinajstić information content (AvgIpc) is 3.41. The molecule has 2 unspecified atom stereocenters. The van der Waals surface area contributed by atoms with E-state index in [1.807, 2.05) is 61.2 Å². The molecule has 0 radical (unpaired) electrons. The third-order valence-corrected chi connectivity index (χ3v) is 7.02. The zero-order valence-electron chi connectivity index (χ0n) is 23.2. The minimum absolute atomic E-state index is 0.0209. The van der Waals surface area contributed by atoms with Gasteiger partial charge < -0.3 is 9.64 Å². The number of hydrogen-bond acceptors (Lipinski definition) is 4. The molecular weight excluding hydrogens is 470 g/mol. The van der Waals surface area contributed by atoms with Crippen molar-refractivity contribution in [2.24, 2.45) is 0 Å². The molecular formula is C33H41N3O2. The first-order chi connectivity index (χ1) is 18.6. The molecule has 0 aromatic heterocycles. The van der Waals surface area contributed by atoms with Crippen molar-refractivity contribution in [2.45, 2.75) is 72.0 Å². The number of hydrogen-bond donors (Lipinski definition) is 1. The predicted molar refractivity (Wildman–Crippen MR) is 155 cm³/mol. The van der Waals surface area contributed by atoms with Crippen LogP contribution in [0.5, 0.6) is 11.5 Å². The highest BCUT2D eigenvalue weighted by Crippen LogP contribution is 2.33. The van der Waals surface area contributed by atoms with Crippen LogP contribution in [0.1, 0.15) is 69.2 Å². The van der Waals surface area contributed by atoms with Gasteiger partial charge in [0.25, 0.3) is 5.91 Å². The van der Waals surface area contributed by atoms with E-state index in [1.54, 1.807) is 0 Å². The fourth-order valence-corrected chi connectivity index (χ4v) is 4.99. The molecule has 200 valence electrons. The number of carbonyl (C=O) groups is 1. The Bertz CT molecular complexity index is 1190. The number of carbonyl (C=O) groups excluding carboxylic acids is 1. The first-order valence-electron chi connectivity index (χ1n) is 14.1. The highest BCUT2D eigenvalue weighted by atomic mass is 16.5. The quantitative estimate of drug-likeness (QED) is 0.301. The second-order valence-corrected chi connectivity index (χ2v) is 9.83. The maximum Gasteiger partial charge on any atom is 0.271 e. The number of amides is 1. The molecule has 1 saturated heterocycles. The van der Waals surface area contributed by atoms with Crippen LogP contribution in [-0.4, -0.2) is 28.4 Å². The summed E-state index contributed by atoms with van der Waals surface area (Å²) in [7, 11) is 0. The summed E-state index contributed by atoms with van der Waals surface area (Å²) in [6.07, 6.45) is 6.72. The molecule has 5 nitrogen and oxygen atoms in total. The number of nitrogens with one attached hydrogen (secondary N) is 1. The van der Waals surface area contributed by atoms with E-state index in [1.165, 1.54) is 24.0 Å². The summed E-state index contributed by atoms with van der Waals surface area (Å²) >= 11 is 0. The number of benzene rings is 3. The van der Waals surface area contributed by atoms with Crippen LogP contribution >= 0.6 is 0 Å². The molecule has 1 amide bonds. The summed E-state index contributed by atoms with van der Waals surface area (Å²) in [6.45, 7) is 9.64. The molecule has 38 heavy (non-hydrogen) atoms. The molecule has 0 aliphatic carbocycles. The van der Waals surface area contributed by atoms with Crippen LogP contribution in [0.15, 0.2) is 90.6 Å². The molecule has 1 N–H and O–H groups in total. The van der Waals surface area contributed by atoms with Gasteiger partial charge in [-0.15, -0.1) is 0 Å². The van der Waals surface area contributed by atoms with Gasteiger partial charge in [-0.3, -0.25) is 9.80 Å². The van der Waals surface area contributed by atoms with Crippen LogP contribution in [0, 0.1) is 6.92 Å². The number of aryl methyl sites for hydroxylation is 1. The third kappa shape index (κ3) is 6.65. The number of hydrazine groups is 1. The Labute approximate surface area is 228 Å². The summed E-state index contributed by atoms with van der Waals surface area (Å²) in [6, 6.07) is 26.7. The number of ether oxygens (including phenoxy) is 1. The zero-order valence-corrected chi connectivity index (χ0v) is 23.2. The highest BCUT2D eigenvalue weighted by molar-refractivity contribution is 5.94. The Hall–Kier alpha value is -3.57. The number of nitrogens with zero attached hydrogens (tertiary/aromatic N) is 2. The maximum atomic E-state index is 13.6. The van der Waals surface area contributed by atoms with E-state index in [0.717, 1.165) is 42.1 Å². The molecule has 0 saturated carbocycles. The fraction of sp³-hybridized carbons (Fsp3) is 0.364. The lowest BCUT2D eigenvalue weighted by Gasteiger charge is -2.41. The van der Waals surface area contributed by atoms with Gasteiger partial charge in [-0.25, -0.2) is 5.43 Å². The van der Waals surface area contributed by atoms with Crippen molar-refractivity contribution < 1.29 is 9.53 Å². The second-order valence-electron chi connectivity index (χ2n) is 9.83. The van der Waals surface area contributed by atoms with Gasteiger partial charge in [0.15, 0.2) is 0 Å². The number of fused-ring (bicyclic) bond motifs is 1. The minimum atomic E-state index is 0.0209. The van der Waals surface area contributed by atoms with Crippen LogP contribution in [0.4, 0.5) is 0 Å². The van der Waals surface area contributed by atoms with Gasteiger partial charge in [0.05, 0.1) is 12.1 Å². The summed E-state index contributed by atoms with van der Waals surface area (Å²) in [5.41, 5.74) is 7.93. The van der Waals surface area contributed by atoms with E-state index >= 15 is 0 Å². The summed E-state index contributed by atoms with van der Waals surface area (Å²) < 4.78 is 5.93. The largest absolute Gasteiger partial charge is 0.457 e. The number of piperazine rings is 1. The zero-order chi connectivity index (χ0) is 26.9. The number of unbranched alkanes of at least 4 members (excludes halogenated alkanes) is 2. The molecule has 2 aliphatic heterocycles. The minimum Gasteiger partial charge on any atom is -0.457 e. The van der Waals surface area contributed by atoms with E-state index in [4.69, 9.17) is 4.74 Å². The molecule has 0 bridgehead atoms. The van der Waals surface area contributed by atoms with Gasteiger partial charge in [0, 0.05) is 13.1 Å². The van der Waals surface area contributed by atoms with Gasteiger partial charge >= 0.3 is 0 Å². The summed E-state index contributed by atoms with van der Waals surface area (Å²) in [5, 5.41) is 2.15. The molecule has 1 fully saturated rings.